The van der Waals surface area contributed by atoms with E-state index in [0.29, 0.717) is 20.6 Å². The molecule has 0 aromatic heterocycles. The van der Waals surface area contributed by atoms with Gasteiger partial charge in [-0.3, -0.25) is 4.79 Å². The molecule has 2 rings (SSSR count). The Balaban J connectivity index is 2.44. The van der Waals surface area contributed by atoms with Gasteiger partial charge in [0.05, 0.1) is 6.42 Å². The fourth-order valence-corrected chi connectivity index (χ4v) is 2.39. The van der Waals surface area contributed by atoms with Crippen LogP contribution in [0.5, 0.6) is 0 Å². The second kappa shape index (κ2) is 5.83. The SMILES string of the molecule is O=C(O)Cc1ccc(-c2cc(Cl)ccc2Cl)cc1Cl. The van der Waals surface area contributed by atoms with Crippen molar-refractivity contribution in [3.8, 4) is 11.1 Å². The lowest BCUT2D eigenvalue weighted by Crippen LogP contribution is -2.00. The lowest BCUT2D eigenvalue weighted by Gasteiger charge is -2.08. The summed E-state index contributed by atoms with van der Waals surface area (Å²) >= 11 is 18.1. The van der Waals surface area contributed by atoms with E-state index in [9.17, 15) is 4.79 Å². The van der Waals surface area contributed by atoms with Crippen LogP contribution in [0.3, 0.4) is 0 Å². The molecule has 2 nitrogen and oxygen atoms in total. The number of aliphatic carboxylic acids is 1. The van der Waals surface area contributed by atoms with E-state index >= 15 is 0 Å². The van der Waals surface area contributed by atoms with Crippen LogP contribution in [0.2, 0.25) is 15.1 Å². The van der Waals surface area contributed by atoms with Crippen LogP contribution < -0.4 is 0 Å². The Morgan fingerprint density at radius 2 is 1.74 bits per heavy atom. The van der Waals surface area contributed by atoms with E-state index in [2.05, 4.69) is 0 Å². The first-order valence-corrected chi connectivity index (χ1v) is 6.56. The lowest BCUT2D eigenvalue weighted by atomic mass is 10.0. The molecular formula is C14H9Cl3O2. The minimum atomic E-state index is -0.921. The fraction of sp³-hybridized carbons (Fsp3) is 0.0714. The first-order chi connectivity index (χ1) is 8.97. The summed E-state index contributed by atoms with van der Waals surface area (Å²) in [7, 11) is 0. The second-order valence-electron chi connectivity index (χ2n) is 4.00. The third kappa shape index (κ3) is 3.41. The summed E-state index contributed by atoms with van der Waals surface area (Å²) < 4.78 is 0. The van der Waals surface area contributed by atoms with Gasteiger partial charge in [0.15, 0.2) is 0 Å². The molecule has 0 aliphatic rings. The van der Waals surface area contributed by atoms with Gasteiger partial charge in [-0.25, -0.2) is 0 Å². The topological polar surface area (TPSA) is 37.3 Å². The van der Waals surface area contributed by atoms with Crippen LogP contribution in [0.15, 0.2) is 36.4 Å². The van der Waals surface area contributed by atoms with Crippen LogP contribution >= 0.6 is 34.8 Å². The Bertz CT molecular complexity index is 639. The molecule has 0 aliphatic heterocycles. The van der Waals surface area contributed by atoms with Gasteiger partial charge < -0.3 is 5.11 Å². The van der Waals surface area contributed by atoms with E-state index in [0.717, 1.165) is 11.1 Å². The van der Waals surface area contributed by atoms with E-state index in [1.807, 2.05) is 0 Å². The van der Waals surface area contributed by atoms with Gasteiger partial charge in [0.25, 0.3) is 0 Å². The zero-order chi connectivity index (χ0) is 14.0. The minimum absolute atomic E-state index is 0.109. The number of carboxylic acid groups (broad SMARTS) is 1. The maximum absolute atomic E-state index is 10.7. The number of benzene rings is 2. The van der Waals surface area contributed by atoms with Gasteiger partial charge >= 0.3 is 5.97 Å². The molecule has 0 saturated heterocycles. The average Bonchev–Trinajstić information content (AvgIpc) is 2.34. The summed E-state index contributed by atoms with van der Waals surface area (Å²) in [6, 6.07) is 10.3. The van der Waals surface area contributed by atoms with Crippen LogP contribution in [0.1, 0.15) is 5.56 Å². The van der Waals surface area contributed by atoms with Crippen LogP contribution in [0.4, 0.5) is 0 Å². The number of rotatable bonds is 3. The van der Waals surface area contributed by atoms with Crippen molar-refractivity contribution >= 4 is 40.8 Å². The summed E-state index contributed by atoms with van der Waals surface area (Å²) in [5.74, 6) is -0.921. The third-order valence-corrected chi connectivity index (χ3v) is 3.55. The number of carbonyl (C=O) groups is 1. The van der Waals surface area contributed by atoms with Gasteiger partial charge in [-0.1, -0.05) is 46.9 Å². The van der Waals surface area contributed by atoms with Gasteiger partial charge in [0.1, 0.15) is 0 Å². The number of hydrogen-bond acceptors (Lipinski definition) is 1. The molecule has 0 aliphatic carbocycles. The molecule has 0 unspecified atom stereocenters. The molecule has 0 atom stereocenters. The van der Waals surface area contributed by atoms with Gasteiger partial charge in [-0.15, -0.1) is 0 Å². The molecule has 0 fully saturated rings. The molecular weight excluding hydrogens is 307 g/mol. The van der Waals surface area contributed by atoms with Crippen LogP contribution in [-0.4, -0.2) is 11.1 Å². The Morgan fingerprint density at radius 3 is 2.37 bits per heavy atom. The molecule has 0 bridgehead atoms. The lowest BCUT2D eigenvalue weighted by molar-refractivity contribution is -0.136. The zero-order valence-corrected chi connectivity index (χ0v) is 11.9. The highest BCUT2D eigenvalue weighted by molar-refractivity contribution is 6.35. The van der Waals surface area contributed by atoms with Gasteiger partial charge in [0, 0.05) is 20.6 Å². The Morgan fingerprint density at radius 1 is 1.00 bits per heavy atom. The van der Waals surface area contributed by atoms with E-state index in [1.54, 1.807) is 36.4 Å². The van der Waals surface area contributed by atoms with Crippen LogP contribution in [-0.2, 0) is 11.2 Å². The van der Waals surface area contributed by atoms with Crippen molar-refractivity contribution < 1.29 is 9.90 Å². The molecule has 5 heteroatoms. The van der Waals surface area contributed by atoms with Gasteiger partial charge in [-0.05, 0) is 35.4 Å². The first-order valence-electron chi connectivity index (χ1n) is 5.43. The van der Waals surface area contributed by atoms with Crippen LogP contribution in [0, 0.1) is 0 Å². The highest BCUT2D eigenvalue weighted by Crippen LogP contribution is 2.33. The summed E-state index contributed by atoms with van der Waals surface area (Å²) in [5, 5.41) is 10.3. The number of halogens is 3. The monoisotopic (exact) mass is 314 g/mol. The predicted octanol–water partition coefficient (Wildman–Crippen LogP) is 4.94. The predicted molar refractivity (Wildman–Crippen MR) is 78.2 cm³/mol. The molecule has 0 radical (unpaired) electrons. The van der Waals surface area contributed by atoms with Crippen molar-refractivity contribution in [2.24, 2.45) is 0 Å². The van der Waals surface area contributed by atoms with Crippen molar-refractivity contribution in [2.75, 3.05) is 0 Å². The molecule has 2 aromatic rings. The minimum Gasteiger partial charge on any atom is -0.481 e. The quantitative estimate of drug-likeness (QED) is 0.871. The summed E-state index contributed by atoms with van der Waals surface area (Å²) in [6.45, 7) is 0. The average molecular weight is 316 g/mol. The molecule has 1 N–H and O–H groups in total. The smallest absolute Gasteiger partial charge is 0.307 e. The van der Waals surface area contributed by atoms with Crippen molar-refractivity contribution in [1.82, 2.24) is 0 Å². The van der Waals surface area contributed by atoms with Crippen molar-refractivity contribution in [3.63, 3.8) is 0 Å². The second-order valence-corrected chi connectivity index (χ2v) is 5.25. The molecule has 0 heterocycles. The fourth-order valence-electron chi connectivity index (χ4n) is 1.74. The Kier molecular flexibility index (Phi) is 4.35. The largest absolute Gasteiger partial charge is 0.481 e. The first kappa shape index (κ1) is 14.2. The molecule has 0 spiro atoms. The van der Waals surface area contributed by atoms with Crippen LogP contribution in [0.25, 0.3) is 11.1 Å². The highest BCUT2D eigenvalue weighted by Gasteiger charge is 2.09. The van der Waals surface area contributed by atoms with E-state index in [1.165, 1.54) is 0 Å². The van der Waals surface area contributed by atoms with Crippen molar-refractivity contribution in [2.45, 2.75) is 6.42 Å². The zero-order valence-electron chi connectivity index (χ0n) is 9.66. The summed E-state index contributed by atoms with van der Waals surface area (Å²) in [5.41, 5.74) is 2.13. The third-order valence-electron chi connectivity index (χ3n) is 2.63. The molecule has 98 valence electrons. The Labute approximate surface area is 125 Å². The van der Waals surface area contributed by atoms with Crippen molar-refractivity contribution in [1.29, 1.82) is 0 Å². The molecule has 0 saturated carbocycles. The molecule has 2 aromatic carbocycles. The highest BCUT2D eigenvalue weighted by atomic mass is 35.5. The Hall–Kier alpha value is -1.22. The van der Waals surface area contributed by atoms with Crippen molar-refractivity contribution in [3.05, 3.63) is 57.0 Å². The van der Waals surface area contributed by atoms with Gasteiger partial charge in [-0.2, -0.15) is 0 Å². The summed E-state index contributed by atoms with van der Waals surface area (Å²) in [6.07, 6.45) is -0.109. The maximum Gasteiger partial charge on any atom is 0.307 e. The number of hydrogen-bond donors (Lipinski definition) is 1. The summed E-state index contributed by atoms with van der Waals surface area (Å²) in [4.78, 5) is 10.7. The maximum atomic E-state index is 10.7. The molecule has 19 heavy (non-hydrogen) atoms. The van der Waals surface area contributed by atoms with Gasteiger partial charge in [0.2, 0.25) is 0 Å². The number of carboxylic acids is 1. The normalized spacial score (nSPS) is 10.5. The molecule has 0 amide bonds. The standard InChI is InChI=1S/C14H9Cl3O2/c15-10-3-4-12(16)11(7-10)8-1-2-9(6-14(18)19)13(17)5-8/h1-5,7H,6H2,(H,18,19). The van der Waals surface area contributed by atoms with E-state index < -0.39 is 5.97 Å². The van der Waals surface area contributed by atoms with E-state index in [-0.39, 0.29) is 6.42 Å². The van der Waals surface area contributed by atoms with E-state index in [4.69, 9.17) is 39.9 Å².